The zero-order chi connectivity index (χ0) is 17.8. The van der Waals surface area contributed by atoms with Gasteiger partial charge in [0.15, 0.2) is 0 Å². The molecule has 1 aromatic heterocycles. The van der Waals surface area contributed by atoms with Crippen LogP contribution >= 0.6 is 11.6 Å². The van der Waals surface area contributed by atoms with Crippen LogP contribution in [0.25, 0.3) is 11.5 Å². The van der Waals surface area contributed by atoms with Crippen molar-refractivity contribution in [2.45, 2.75) is 33.2 Å². The Kier molecular flexibility index (Phi) is 5.76. The number of hydrogen-bond donors (Lipinski definition) is 1. The Morgan fingerprint density at radius 2 is 2.16 bits per heavy atom. The molecule has 134 valence electrons. The first-order valence-corrected chi connectivity index (χ1v) is 9.08. The molecule has 0 spiro atoms. The first-order valence-electron chi connectivity index (χ1n) is 8.70. The Balaban J connectivity index is 1.64. The van der Waals surface area contributed by atoms with Crippen LogP contribution in [0.5, 0.6) is 0 Å². The largest absolute Gasteiger partial charge is 0.441 e. The molecule has 3 rings (SSSR count). The van der Waals surface area contributed by atoms with E-state index < -0.39 is 0 Å². The lowest BCUT2D eigenvalue weighted by molar-refractivity contribution is -0.119. The number of benzene rings is 1. The monoisotopic (exact) mass is 361 g/mol. The smallest absolute Gasteiger partial charge is 0.226 e. The summed E-state index contributed by atoms with van der Waals surface area (Å²) in [6.07, 6.45) is 2.30. The highest BCUT2D eigenvalue weighted by Crippen LogP contribution is 2.25. The van der Waals surface area contributed by atoms with Gasteiger partial charge in [-0.15, -0.1) is 0 Å². The molecule has 1 fully saturated rings. The van der Waals surface area contributed by atoms with Crippen molar-refractivity contribution >= 4 is 17.5 Å². The third-order valence-corrected chi connectivity index (χ3v) is 4.85. The number of rotatable bonds is 5. The predicted octanol–water partition coefficient (Wildman–Crippen LogP) is 3.65. The van der Waals surface area contributed by atoms with E-state index >= 15 is 0 Å². The maximum Gasteiger partial charge on any atom is 0.226 e. The number of carbonyl (C=O) groups excluding carboxylic acids is 1. The fourth-order valence-corrected chi connectivity index (χ4v) is 3.38. The second-order valence-electron chi connectivity index (χ2n) is 6.71. The summed E-state index contributed by atoms with van der Waals surface area (Å²) >= 11 is 5.94. The summed E-state index contributed by atoms with van der Waals surface area (Å²) < 4.78 is 5.85. The molecule has 6 heteroatoms. The van der Waals surface area contributed by atoms with Gasteiger partial charge in [-0.25, -0.2) is 4.98 Å². The molecule has 2 aromatic rings. The molecule has 0 saturated carbocycles. The molecule has 0 bridgehead atoms. The maximum atomic E-state index is 11.1. The van der Waals surface area contributed by atoms with Gasteiger partial charge in [0.05, 0.1) is 5.69 Å². The number of nitrogens with zero attached hydrogens (tertiary/aromatic N) is 2. The number of likely N-dealkylation sites (tertiary alicyclic amines) is 1. The quantitative estimate of drug-likeness (QED) is 0.883. The van der Waals surface area contributed by atoms with E-state index in [4.69, 9.17) is 16.0 Å². The first kappa shape index (κ1) is 18.0. The molecule has 5 nitrogen and oxygen atoms in total. The molecule has 1 N–H and O–H groups in total. The Hall–Kier alpha value is -1.85. The van der Waals surface area contributed by atoms with E-state index in [1.165, 1.54) is 0 Å². The standard InChI is InChI=1S/C19H24ClN3O2/c1-13-18(22-19(25-13)16-5-7-17(20)8-6-16)12-23-9-3-4-15(11-23)10-21-14(2)24/h5-8,15H,3-4,9-12H2,1-2H3,(H,21,24). The number of hydrogen-bond acceptors (Lipinski definition) is 4. The summed E-state index contributed by atoms with van der Waals surface area (Å²) in [7, 11) is 0. The van der Waals surface area contributed by atoms with E-state index in [1.54, 1.807) is 6.92 Å². The highest BCUT2D eigenvalue weighted by atomic mass is 35.5. The minimum absolute atomic E-state index is 0.0390. The molecule has 1 amide bonds. The average molecular weight is 362 g/mol. The topological polar surface area (TPSA) is 58.4 Å². The zero-order valence-corrected chi connectivity index (χ0v) is 15.5. The lowest BCUT2D eigenvalue weighted by Crippen LogP contribution is -2.40. The van der Waals surface area contributed by atoms with Gasteiger partial charge in [0.2, 0.25) is 11.8 Å². The lowest BCUT2D eigenvalue weighted by atomic mass is 9.98. The molecule has 1 atom stereocenters. The summed E-state index contributed by atoms with van der Waals surface area (Å²) in [6, 6.07) is 7.52. The van der Waals surface area contributed by atoms with Crippen molar-refractivity contribution in [3.63, 3.8) is 0 Å². The van der Waals surface area contributed by atoms with E-state index in [-0.39, 0.29) is 5.91 Å². The van der Waals surface area contributed by atoms with Crippen molar-refractivity contribution in [2.24, 2.45) is 5.92 Å². The summed E-state index contributed by atoms with van der Waals surface area (Å²) in [6.45, 7) is 7.08. The second kappa shape index (κ2) is 8.02. The molecule has 1 aliphatic rings. The van der Waals surface area contributed by atoms with Gasteiger partial charge in [0.1, 0.15) is 5.76 Å². The SMILES string of the molecule is CC(=O)NCC1CCCN(Cc2nc(-c3ccc(Cl)cc3)oc2C)C1. The number of nitrogens with one attached hydrogen (secondary N) is 1. The van der Waals surface area contributed by atoms with E-state index in [0.29, 0.717) is 16.8 Å². The van der Waals surface area contributed by atoms with Crippen LogP contribution in [0.15, 0.2) is 28.7 Å². The maximum absolute atomic E-state index is 11.1. The zero-order valence-electron chi connectivity index (χ0n) is 14.7. The third kappa shape index (κ3) is 4.83. The second-order valence-corrected chi connectivity index (χ2v) is 7.15. The number of oxazole rings is 1. The van der Waals surface area contributed by atoms with Crippen LogP contribution < -0.4 is 5.32 Å². The Labute approximate surface area is 153 Å². The Bertz CT molecular complexity index is 727. The van der Waals surface area contributed by atoms with Crippen molar-refractivity contribution in [1.82, 2.24) is 15.2 Å². The highest BCUT2D eigenvalue weighted by Gasteiger charge is 2.22. The summed E-state index contributed by atoms with van der Waals surface area (Å²) in [5, 5.41) is 3.63. The fourth-order valence-electron chi connectivity index (χ4n) is 3.25. The fraction of sp³-hybridized carbons (Fsp3) is 0.474. The molecule has 0 aliphatic carbocycles. The van der Waals surface area contributed by atoms with Gasteiger partial charge >= 0.3 is 0 Å². The normalized spacial score (nSPS) is 18.3. The summed E-state index contributed by atoms with van der Waals surface area (Å²) in [4.78, 5) is 18.2. The molecule has 1 aliphatic heterocycles. The van der Waals surface area contributed by atoms with Gasteiger partial charge < -0.3 is 9.73 Å². The van der Waals surface area contributed by atoms with Gasteiger partial charge in [-0.1, -0.05) is 11.6 Å². The average Bonchev–Trinajstić information content (AvgIpc) is 2.95. The van der Waals surface area contributed by atoms with Crippen LogP contribution in [0.3, 0.4) is 0 Å². The summed E-state index contributed by atoms with van der Waals surface area (Å²) in [5.41, 5.74) is 1.91. The van der Waals surface area contributed by atoms with Crippen LogP contribution in [-0.4, -0.2) is 35.4 Å². The van der Waals surface area contributed by atoms with Crippen LogP contribution in [0.2, 0.25) is 5.02 Å². The molecule has 25 heavy (non-hydrogen) atoms. The predicted molar refractivity (Wildman–Crippen MR) is 98.4 cm³/mol. The van der Waals surface area contributed by atoms with E-state index in [9.17, 15) is 4.79 Å². The van der Waals surface area contributed by atoms with E-state index in [1.807, 2.05) is 31.2 Å². The van der Waals surface area contributed by atoms with E-state index in [2.05, 4.69) is 15.2 Å². The number of amides is 1. The molecule has 2 heterocycles. The number of aryl methyl sites for hydroxylation is 1. The first-order chi connectivity index (χ1) is 12.0. The number of halogens is 1. The molecular formula is C19H24ClN3O2. The third-order valence-electron chi connectivity index (χ3n) is 4.60. The Morgan fingerprint density at radius 1 is 1.40 bits per heavy atom. The molecule has 1 aromatic carbocycles. The van der Waals surface area contributed by atoms with Crippen LogP contribution in [-0.2, 0) is 11.3 Å². The van der Waals surface area contributed by atoms with Crippen molar-refractivity contribution in [1.29, 1.82) is 0 Å². The molecule has 0 radical (unpaired) electrons. The highest BCUT2D eigenvalue weighted by molar-refractivity contribution is 6.30. The van der Waals surface area contributed by atoms with Crippen molar-refractivity contribution in [3.05, 3.63) is 40.7 Å². The van der Waals surface area contributed by atoms with Gasteiger partial charge in [0.25, 0.3) is 0 Å². The number of piperidine rings is 1. The Morgan fingerprint density at radius 3 is 2.88 bits per heavy atom. The van der Waals surface area contributed by atoms with Crippen LogP contribution in [0.1, 0.15) is 31.2 Å². The van der Waals surface area contributed by atoms with Gasteiger partial charge in [-0.05, 0) is 56.5 Å². The van der Waals surface area contributed by atoms with Crippen LogP contribution in [0.4, 0.5) is 0 Å². The van der Waals surface area contributed by atoms with E-state index in [0.717, 1.165) is 56.0 Å². The lowest BCUT2D eigenvalue weighted by Gasteiger charge is -2.32. The molecule has 1 unspecified atom stereocenters. The number of aromatic nitrogens is 1. The van der Waals surface area contributed by atoms with Gasteiger partial charge in [0, 0.05) is 37.1 Å². The number of carbonyl (C=O) groups is 1. The van der Waals surface area contributed by atoms with Crippen molar-refractivity contribution in [2.75, 3.05) is 19.6 Å². The summed E-state index contributed by atoms with van der Waals surface area (Å²) in [5.74, 6) is 2.03. The van der Waals surface area contributed by atoms with Crippen molar-refractivity contribution < 1.29 is 9.21 Å². The minimum Gasteiger partial charge on any atom is -0.441 e. The van der Waals surface area contributed by atoms with Crippen molar-refractivity contribution in [3.8, 4) is 11.5 Å². The molecular weight excluding hydrogens is 338 g/mol. The van der Waals surface area contributed by atoms with Crippen LogP contribution in [0, 0.1) is 12.8 Å². The van der Waals surface area contributed by atoms with Gasteiger partial charge in [-0.2, -0.15) is 0 Å². The molecule has 1 saturated heterocycles. The minimum atomic E-state index is 0.0390. The van der Waals surface area contributed by atoms with Gasteiger partial charge in [-0.3, -0.25) is 9.69 Å².